The van der Waals surface area contributed by atoms with Crippen LogP contribution in [0.25, 0.3) is 5.57 Å². The van der Waals surface area contributed by atoms with Crippen LogP contribution >= 0.6 is 0 Å². The van der Waals surface area contributed by atoms with Crippen LogP contribution in [0.15, 0.2) is 78.0 Å². The van der Waals surface area contributed by atoms with Crippen LogP contribution in [0.2, 0.25) is 12.1 Å². The minimum atomic E-state index is -1.74. The van der Waals surface area contributed by atoms with Crippen LogP contribution in [-0.4, -0.2) is 8.07 Å². The summed E-state index contributed by atoms with van der Waals surface area (Å²) >= 11 is 0. The summed E-state index contributed by atoms with van der Waals surface area (Å²) in [6.07, 6.45) is 13.2. The molecule has 0 saturated heterocycles. The molecule has 2 aromatic rings. The van der Waals surface area contributed by atoms with Crippen LogP contribution < -0.4 is 5.19 Å². The van der Waals surface area contributed by atoms with Gasteiger partial charge in [-0.1, -0.05) is 122 Å². The van der Waals surface area contributed by atoms with E-state index in [0.29, 0.717) is 0 Å². The van der Waals surface area contributed by atoms with E-state index in [-0.39, 0.29) is 0 Å². The van der Waals surface area contributed by atoms with E-state index in [0.717, 1.165) is 12.0 Å². The van der Waals surface area contributed by atoms with E-state index in [9.17, 15) is 0 Å². The lowest BCUT2D eigenvalue weighted by Gasteiger charge is -2.41. The Kier molecular flexibility index (Phi) is 4.76. The maximum atomic E-state index is 2.65. The molecule has 4 rings (SSSR count). The Morgan fingerprint density at radius 2 is 1.40 bits per heavy atom. The summed E-state index contributed by atoms with van der Waals surface area (Å²) in [5, 5.41) is 3.31. The number of hydrogen-bond acceptors (Lipinski definition) is 0. The second kappa shape index (κ2) is 7.17. The van der Waals surface area contributed by atoms with Crippen molar-refractivity contribution in [3.05, 3.63) is 83.6 Å². The molecule has 0 heterocycles. The summed E-state index contributed by atoms with van der Waals surface area (Å²) < 4.78 is 0. The fraction of sp³-hybridized carbons (Fsp3) is 0.333. The van der Waals surface area contributed by atoms with E-state index < -0.39 is 8.07 Å². The molecule has 1 heteroatoms. The smallest absolute Gasteiger partial charge is 0.0804 e. The summed E-state index contributed by atoms with van der Waals surface area (Å²) in [6, 6.07) is 22.5. The lowest BCUT2D eigenvalue weighted by Crippen LogP contribution is -2.51. The van der Waals surface area contributed by atoms with Crippen molar-refractivity contribution in [2.24, 2.45) is 0 Å². The first-order valence-corrected chi connectivity index (χ1v) is 12.4. The molecule has 2 aliphatic carbocycles. The molecule has 0 amide bonds. The molecule has 1 fully saturated rings. The summed E-state index contributed by atoms with van der Waals surface area (Å²) in [6.45, 7) is 2.65. The Morgan fingerprint density at radius 1 is 0.760 bits per heavy atom. The van der Waals surface area contributed by atoms with Crippen molar-refractivity contribution < 1.29 is 0 Å². The van der Waals surface area contributed by atoms with Crippen LogP contribution in [0.1, 0.15) is 44.1 Å². The molecular formula is C24H28Si. The number of allylic oxidation sites excluding steroid dienone is 4. The van der Waals surface area contributed by atoms with E-state index in [1.165, 1.54) is 43.2 Å². The van der Waals surface area contributed by atoms with Crippen LogP contribution in [0.3, 0.4) is 0 Å². The monoisotopic (exact) mass is 344 g/mol. The third-order valence-electron chi connectivity index (χ3n) is 6.37. The normalized spacial score (nSPS) is 20.7. The lowest BCUT2D eigenvalue weighted by atomic mass is 10.0. The molecule has 0 radical (unpaired) electrons. The van der Waals surface area contributed by atoms with Crippen molar-refractivity contribution in [3.63, 3.8) is 0 Å². The van der Waals surface area contributed by atoms with E-state index >= 15 is 0 Å². The molecule has 0 aromatic heterocycles. The average molecular weight is 345 g/mol. The molecule has 0 bridgehead atoms. The molecule has 2 aliphatic rings. The van der Waals surface area contributed by atoms with E-state index in [2.05, 4.69) is 79.4 Å². The quantitative estimate of drug-likeness (QED) is 0.574. The highest BCUT2D eigenvalue weighted by molar-refractivity contribution is 6.99. The number of hydrogen-bond donors (Lipinski definition) is 0. The fourth-order valence-electron chi connectivity index (χ4n) is 4.97. The van der Waals surface area contributed by atoms with Crippen LogP contribution in [0.4, 0.5) is 0 Å². The van der Waals surface area contributed by atoms with Gasteiger partial charge in [-0.3, -0.25) is 0 Å². The summed E-state index contributed by atoms with van der Waals surface area (Å²) in [5.74, 6) is 0. The average Bonchev–Trinajstić information content (AvgIpc) is 3.20. The van der Waals surface area contributed by atoms with Gasteiger partial charge in [0.1, 0.15) is 8.07 Å². The van der Waals surface area contributed by atoms with Gasteiger partial charge >= 0.3 is 0 Å². The van der Waals surface area contributed by atoms with Crippen LogP contribution in [0.5, 0.6) is 0 Å². The Morgan fingerprint density at radius 3 is 2.08 bits per heavy atom. The molecule has 0 N–H and O–H groups in total. The maximum absolute atomic E-state index is 2.65. The summed E-state index contributed by atoms with van der Waals surface area (Å²) in [5.41, 5.74) is 3.79. The highest BCUT2D eigenvalue weighted by Crippen LogP contribution is 2.45. The van der Waals surface area contributed by atoms with Crippen molar-refractivity contribution in [2.45, 2.75) is 50.6 Å². The van der Waals surface area contributed by atoms with Crippen LogP contribution in [-0.2, 0) is 0 Å². The van der Waals surface area contributed by atoms with Crippen molar-refractivity contribution in [1.82, 2.24) is 0 Å². The van der Waals surface area contributed by atoms with Gasteiger partial charge in [-0.25, -0.2) is 0 Å². The SMILES string of the molecule is C[Si](C1=CCC=C1c1ccccc1)(c1ccccc1)C1CCCCC1. The van der Waals surface area contributed by atoms with Crippen molar-refractivity contribution in [3.8, 4) is 0 Å². The van der Waals surface area contributed by atoms with Gasteiger partial charge in [0.05, 0.1) is 0 Å². The van der Waals surface area contributed by atoms with Gasteiger partial charge in [-0.15, -0.1) is 0 Å². The second-order valence-electron chi connectivity index (χ2n) is 7.74. The van der Waals surface area contributed by atoms with E-state index in [1.54, 1.807) is 10.4 Å². The Bertz CT molecular complexity index is 766. The first-order chi connectivity index (χ1) is 12.3. The zero-order chi connectivity index (χ0) is 17.1. The number of benzene rings is 2. The predicted octanol–water partition coefficient (Wildman–Crippen LogP) is 6.26. The van der Waals surface area contributed by atoms with Crippen molar-refractivity contribution in [2.75, 3.05) is 0 Å². The minimum absolute atomic E-state index is 0.875. The molecule has 0 nitrogen and oxygen atoms in total. The molecule has 2 aromatic carbocycles. The van der Waals surface area contributed by atoms with E-state index in [1.807, 2.05) is 0 Å². The first-order valence-electron chi connectivity index (χ1n) is 9.82. The van der Waals surface area contributed by atoms with Crippen LogP contribution in [0, 0.1) is 0 Å². The Labute approximate surface area is 153 Å². The molecule has 0 spiro atoms. The summed E-state index contributed by atoms with van der Waals surface area (Å²) in [7, 11) is -1.74. The Balaban J connectivity index is 1.80. The second-order valence-corrected chi connectivity index (χ2v) is 12.1. The highest BCUT2D eigenvalue weighted by atomic mass is 28.3. The first kappa shape index (κ1) is 16.6. The molecule has 1 saturated carbocycles. The predicted molar refractivity (Wildman–Crippen MR) is 112 cm³/mol. The lowest BCUT2D eigenvalue weighted by molar-refractivity contribution is 0.495. The molecule has 1 unspecified atom stereocenters. The third-order valence-corrected chi connectivity index (χ3v) is 11.7. The standard InChI is InChI=1S/C24H28Si/c1-25(21-14-7-3-8-15-21,22-16-9-4-10-17-22)24-19-11-18-23(24)20-12-5-2-6-13-20/h2-3,5-8,12-15,18-19,22H,4,9-11,16-17H2,1H3. The van der Waals surface area contributed by atoms with Gasteiger partial charge in [0.15, 0.2) is 0 Å². The molecule has 128 valence electrons. The largest absolute Gasteiger partial charge is 0.118 e. The van der Waals surface area contributed by atoms with Crippen molar-refractivity contribution in [1.29, 1.82) is 0 Å². The minimum Gasteiger partial charge on any atom is -0.0804 e. The van der Waals surface area contributed by atoms with E-state index in [4.69, 9.17) is 0 Å². The summed E-state index contributed by atoms with van der Waals surface area (Å²) in [4.78, 5) is 0. The number of rotatable bonds is 4. The van der Waals surface area contributed by atoms with Gasteiger partial charge in [-0.2, -0.15) is 0 Å². The van der Waals surface area contributed by atoms with Gasteiger partial charge in [0.2, 0.25) is 0 Å². The zero-order valence-corrected chi connectivity index (χ0v) is 16.2. The Hall–Kier alpha value is -1.86. The topological polar surface area (TPSA) is 0 Å². The molecule has 0 aliphatic heterocycles. The molecule has 1 atom stereocenters. The van der Waals surface area contributed by atoms with Gasteiger partial charge in [0, 0.05) is 0 Å². The van der Waals surface area contributed by atoms with Crippen molar-refractivity contribution >= 4 is 18.8 Å². The third kappa shape index (κ3) is 3.06. The molecule has 25 heavy (non-hydrogen) atoms. The maximum Gasteiger partial charge on any atom is 0.118 e. The van der Waals surface area contributed by atoms with Gasteiger partial charge in [-0.05, 0) is 23.1 Å². The molecular weight excluding hydrogens is 316 g/mol. The fourth-order valence-corrected chi connectivity index (χ4v) is 9.99. The highest BCUT2D eigenvalue weighted by Gasteiger charge is 2.43. The van der Waals surface area contributed by atoms with Gasteiger partial charge < -0.3 is 0 Å². The zero-order valence-electron chi connectivity index (χ0n) is 15.2. The van der Waals surface area contributed by atoms with Gasteiger partial charge in [0.25, 0.3) is 0 Å².